The second-order valence-corrected chi connectivity index (χ2v) is 7.11. The number of hydrogen-bond acceptors (Lipinski definition) is 3. The fourth-order valence-electron chi connectivity index (χ4n) is 3.71. The number of rotatable bonds is 4. The Labute approximate surface area is 161 Å². The summed E-state index contributed by atoms with van der Waals surface area (Å²) in [5.74, 6) is -0.580. The third-order valence-corrected chi connectivity index (χ3v) is 5.25. The maximum Gasteiger partial charge on any atom is 0.225 e. The first kappa shape index (κ1) is 18.5. The lowest BCUT2D eigenvalue weighted by Gasteiger charge is -2.32. The Balaban J connectivity index is 1.42. The second-order valence-electron chi connectivity index (χ2n) is 7.11. The van der Waals surface area contributed by atoms with Gasteiger partial charge in [0.25, 0.3) is 0 Å². The fourth-order valence-corrected chi connectivity index (χ4v) is 3.71. The Hall–Kier alpha value is -2.89. The number of anilines is 1. The SMILES string of the molecule is Fc1ccc(-c2ccc(CC3CCN(c4ncccn4)CC3)c(F)c2)c(F)c1. The Morgan fingerprint density at radius 3 is 2.32 bits per heavy atom. The summed E-state index contributed by atoms with van der Waals surface area (Å²) in [6, 6.07) is 9.85. The van der Waals surface area contributed by atoms with Crippen LogP contribution in [0.4, 0.5) is 19.1 Å². The molecule has 0 amide bonds. The molecule has 1 aliphatic heterocycles. The first-order valence-electron chi connectivity index (χ1n) is 9.36. The Kier molecular flexibility index (Phi) is 5.28. The number of hydrogen-bond donors (Lipinski definition) is 0. The van der Waals surface area contributed by atoms with E-state index in [1.807, 2.05) is 0 Å². The third kappa shape index (κ3) is 4.01. The topological polar surface area (TPSA) is 29.0 Å². The molecule has 1 aromatic heterocycles. The van der Waals surface area contributed by atoms with Gasteiger partial charge in [-0.05, 0) is 60.6 Å². The molecule has 0 unspecified atom stereocenters. The minimum absolute atomic E-state index is 0.197. The van der Waals surface area contributed by atoms with Crippen molar-refractivity contribution in [2.24, 2.45) is 5.92 Å². The van der Waals surface area contributed by atoms with Crippen molar-refractivity contribution in [1.82, 2.24) is 9.97 Å². The van der Waals surface area contributed by atoms with Crippen LogP contribution >= 0.6 is 0 Å². The summed E-state index contributed by atoms with van der Waals surface area (Å²) in [6.07, 6.45) is 5.98. The first-order chi connectivity index (χ1) is 13.6. The molecule has 0 N–H and O–H groups in total. The highest BCUT2D eigenvalue weighted by molar-refractivity contribution is 5.64. The van der Waals surface area contributed by atoms with E-state index in [1.54, 1.807) is 30.6 Å². The molecular formula is C22H20F3N3. The van der Waals surface area contributed by atoms with Gasteiger partial charge in [-0.15, -0.1) is 0 Å². The summed E-state index contributed by atoms with van der Waals surface area (Å²) >= 11 is 0. The number of aromatic nitrogens is 2. The zero-order valence-corrected chi connectivity index (χ0v) is 15.3. The van der Waals surface area contributed by atoms with Crippen molar-refractivity contribution < 1.29 is 13.2 Å². The Morgan fingerprint density at radius 1 is 0.893 bits per heavy atom. The van der Waals surface area contributed by atoms with Gasteiger partial charge in [0.1, 0.15) is 17.5 Å². The normalized spacial score (nSPS) is 15.0. The van der Waals surface area contributed by atoms with Crippen molar-refractivity contribution in [3.05, 3.63) is 77.9 Å². The van der Waals surface area contributed by atoms with Crippen LogP contribution < -0.4 is 4.90 Å². The van der Waals surface area contributed by atoms with Crippen LogP contribution in [0.5, 0.6) is 0 Å². The highest BCUT2D eigenvalue weighted by atomic mass is 19.1. The summed E-state index contributed by atoms with van der Waals surface area (Å²) in [5.41, 5.74) is 1.23. The van der Waals surface area contributed by atoms with Gasteiger partial charge in [-0.1, -0.05) is 12.1 Å². The zero-order valence-electron chi connectivity index (χ0n) is 15.3. The van der Waals surface area contributed by atoms with Gasteiger partial charge in [0, 0.05) is 37.1 Å². The number of piperidine rings is 1. The summed E-state index contributed by atoms with van der Waals surface area (Å²) in [5, 5.41) is 0. The molecule has 2 heterocycles. The van der Waals surface area contributed by atoms with Crippen molar-refractivity contribution in [1.29, 1.82) is 0 Å². The maximum atomic E-state index is 14.6. The van der Waals surface area contributed by atoms with Crippen LogP contribution in [0, 0.1) is 23.4 Å². The van der Waals surface area contributed by atoms with Gasteiger partial charge in [0.05, 0.1) is 0 Å². The predicted octanol–water partition coefficient (Wildman–Crippen LogP) is 5.02. The van der Waals surface area contributed by atoms with Gasteiger partial charge in [-0.3, -0.25) is 0 Å². The van der Waals surface area contributed by atoms with E-state index in [0.717, 1.165) is 37.9 Å². The van der Waals surface area contributed by atoms with E-state index in [4.69, 9.17) is 0 Å². The molecule has 0 atom stereocenters. The largest absolute Gasteiger partial charge is 0.341 e. The molecule has 1 aliphatic rings. The number of benzene rings is 2. The van der Waals surface area contributed by atoms with Gasteiger partial charge < -0.3 is 4.90 Å². The first-order valence-corrected chi connectivity index (χ1v) is 9.36. The van der Waals surface area contributed by atoms with Crippen molar-refractivity contribution in [2.75, 3.05) is 18.0 Å². The number of halogens is 3. The van der Waals surface area contributed by atoms with E-state index in [9.17, 15) is 13.2 Å². The average Bonchev–Trinajstić information content (AvgIpc) is 2.71. The van der Waals surface area contributed by atoms with Gasteiger partial charge in [-0.25, -0.2) is 23.1 Å². The lowest BCUT2D eigenvalue weighted by molar-refractivity contribution is 0.395. The monoisotopic (exact) mass is 383 g/mol. The molecule has 0 bridgehead atoms. The van der Waals surface area contributed by atoms with Crippen molar-refractivity contribution in [3.8, 4) is 11.1 Å². The van der Waals surface area contributed by atoms with E-state index in [1.165, 1.54) is 18.2 Å². The molecule has 144 valence electrons. The standard InChI is InChI=1S/C22H20F3N3/c23-18-4-5-19(21(25)14-18)16-2-3-17(20(24)13-16)12-15-6-10-28(11-7-15)22-26-8-1-9-27-22/h1-5,8-9,13-15H,6-7,10-12H2. The molecule has 3 nitrogen and oxygen atoms in total. The quantitative estimate of drug-likeness (QED) is 0.633. The van der Waals surface area contributed by atoms with Gasteiger partial charge in [0.2, 0.25) is 5.95 Å². The Bertz CT molecular complexity index is 954. The molecule has 6 heteroatoms. The van der Waals surface area contributed by atoms with Gasteiger partial charge in [0.15, 0.2) is 0 Å². The van der Waals surface area contributed by atoms with Crippen LogP contribution in [0.3, 0.4) is 0 Å². The van der Waals surface area contributed by atoms with E-state index in [0.29, 0.717) is 23.5 Å². The van der Waals surface area contributed by atoms with E-state index in [-0.39, 0.29) is 11.4 Å². The van der Waals surface area contributed by atoms with E-state index < -0.39 is 11.6 Å². The second kappa shape index (κ2) is 8.00. The molecule has 0 radical (unpaired) electrons. The average molecular weight is 383 g/mol. The summed E-state index contributed by atoms with van der Waals surface area (Å²) in [6.45, 7) is 1.68. The zero-order chi connectivity index (χ0) is 19.5. The van der Waals surface area contributed by atoms with E-state index >= 15 is 0 Å². The summed E-state index contributed by atoms with van der Waals surface area (Å²) in [4.78, 5) is 10.7. The molecule has 4 rings (SSSR count). The molecule has 1 saturated heterocycles. The molecule has 28 heavy (non-hydrogen) atoms. The van der Waals surface area contributed by atoms with Crippen LogP contribution in [-0.2, 0) is 6.42 Å². The number of nitrogens with zero attached hydrogens (tertiary/aromatic N) is 3. The minimum Gasteiger partial charge on any atom is -0.341 e. The highest BCUT2D eigenvalue weighted by Gasteiger charge is 2.22. The van der Waals surface area contributed by atoms with Gasteiger partial charge >= 0.3 is 0 Å². The lowest BCUT2D eigenvalue weighted by Crippen LogP contribution is -2.35. The van der Waals surface area contributed by atoms with Crippen molar-refractivity contribution >= 4 is 5.95 Å². The summed E-state index contributed by atoms with van der Waals surface area (Å²) in [7, 11) is 0. The molecule has 3 aromatic rings. The van der Waals surface area contributed by atoms with Crippen molar-refractivity contribution in [3.63, 3.8) is 0 Å². The molecular weight excluding hydrogens is 363 g/mol. The van der Waals surface area contributed by atoms with E-state index in [2.05, 4.69) is 14.9 Å². The molecule has 0 aliphatic carbocycles. The molecule has 1 fully saturated rings. The fraction of sp³-hybridized carbons (Fsp3) is 0.273. The predicted molar refractivity (Wildman–Crippen MR) is 102 cm³/mol. The van der Waals surface area contributed by atoms with Crippen molar-refractivity contribution in [2.45, 2.75) is 19.3 Å². The summed E-state index contributed by atoms with van der Waals surface area (Å²) < 4.78 is 41.6. The van der Waals surface area contributed by atoms with Crippen LogP contribution in [0.2, 0.25) is 0 Å². The minimum atomic E-state index is -0.692. The molecule has 0 spiro atoms. The van der Waals surface area contributed by atoms with Crippen LogP contribution in [0.25, 0.3) is 11.1 Å². The lowest BCUT2D eigenvalue weighted by atomic mass is 9.89. The maximum absolute atomic E-state index is 14.6. The Morgan fingerprint density at radius 2 is 1.64 bits per heavy atom. The molecule has 2 aromatic carbocycles. The highest BCUT2D eigenvalue weighted by Crippen LogP contribution is 2.28. The van der Waals surface area contributed by atoms with Crippen LogP contribution in [-0.4, -0.2) is 23.1 Å². The van der Waals surface area contributed by atoms with Crippen LogP contribution in [0.15, 0.2) is 54.9 Å². The van der Waals surface area contributed by atoms with Gasteiger partial charge in [-0.2, -0.15) is 0 Å². The van der Waals surface area contributed by atoms with Crippen LogP contribution in [0.1, 0.15) is 18.4 Å². The smallest absolute Gasteiger partial charge is 0.225 e. The third-order valence-electron chi connectivity index (χ3n) is 5.25. The molecule has 0 saturated carbocycles.